The van der Waals surface area contributed by atoms with Crippen molar-refractivity contribution in [1.29, 1.82) is 21.0 Å². The summed E-state index contributed by atoms with van der Waals surface area (Å²) in [5.41, 5.74) is -4.29. The number of nitrogens with zero attached hydrogens (tertiary/aromatic N) is 4. The van der Waals surface area contributed by atoms with Gasteiger partial charge >= 0.3 is 36.6 Å². The van der Waals surface area contributed by atoms with E-state index < -0.39 is 93.7 Å². The number of nitriles is 4. The quantitative estimate of drug-likeness (QED) is 0.125. The molecule has 0 aliphatic heterocycles. The van der Waals surface area contributed by atoms with E-state index in [1.165, 1.54) is 30.3 Å². The van der Waals surface area contributed by atoms with E-state index in [9.17, 15) is 91.3 Å². The van der Waals surface area contributed by atoms with E-state index >= 15 is 0 Å². The van der Waals surface area contributed by atoms with E-state index in [1.807, 2.05) is 0 Å². The first-order chi connectivity index (χ1) is 25.6. The maximum Gasteiger partial charge on any atom is 0.457 e. The van der Waals surface area contributed by atoms with Gasteiger partial charge in [0.2, 0.25) is 0 Å². The Labute approximate surface area is 300 Å². The normalized spacial score (nSPS) is 14.9. The summed E-state index contributed by atoms with van der Waals surface area (Å²) in [5.74, 6) is -15.5. The predicted octanol–water partition coefficient (Wildman–Crippen LogP) is 10.4. The van der Waals surface area contributed by atoms with Crippen molar-refractivity contribution < 1.29 is 79.7 Å². The first-order valence-corrected chi connectivity index (χ1v) is 14.6. The van der Waals surface area contributed by atoms with Crippen molar-refractivity contribution in [2.75, 3.05) is 0 Å². The number of rotatable bonds is 6. The van der Waals surface area contributed by atoms with Crippen LogP contribution >= 0.6 is 0 Å². The van der Waals surface area contributed by atoms with Crippen molar-refractivity contribution in [3.63, 3.8) is 0 Å². The molecule has 2 unspecified atom stereocenters. The van der Waals surface area contributed by atoms with Crippen molar-refractivity contribution in [3.05, 3.63) is 81.9 Å². The first kappa shape index (κ1) is 40.8. The smallest absolute Gasteiger partial charge is 0.457 e. The molecule has 0 radical (unpaired) electrons. The second-order valence-corrected chi connectivity index (χ2v) is 11.6. The third-order valence-electron chi connectivity index (χ3n) is 8.26. The fraction of sp³-hybridized carbons (Fsp3) is 0.235. The topological polar surface area (TPSA) is 114 Å². The number of allylic oxidation sites excluding steroid dienone is 2. The maximum absolute atomic E-state index is 14.0. The standard InChI is InChI=1S/C34H10F16N4O2/c35-29(36,33(45,46)47)27(31(39,40)41)55-15-1-3-17-19-7-20-18-4-2-16(56-28(32(42,43)44)30(37,38)34(48,49)50)6-22(18)26(14(11-53)12-54)24(20)8-23(19)25(21(17)5-15)13(9-51)10-52/h1-8,27-28H. The Bertz CT molecular complexity index is 2200. The molecule has 3 aromatic rings. The lowest BCUT2D eigenvalue weighted by atomic mass is 9.93. The molecule has 0 heterocycles. The molecule has 0 fully saturated rings. The number of benzene rings is 3. The van der Waals surface area contributed by atoms with E-state index in [2.05, 4.69) is 9.47 Å². The Hall–Kier alpha value is -6.42. The van der Waals surface area contributed by atoms with Gasteiger partial charge in [-0.05, 0) is 80.9 Å². The molecule has 0 saturated heterocycles. The van der Waals surface area contributed by atoms with Gasteiger partial charge in [-0.25, -0.2) is 0 Å². The molecule has 0 spiro atoms. The Morgan fingerprint density at radius 2 is 0.696 bits per heavy atom. The lowest BCUT2D eigenvalue weighted by Crippen LogP contribution is -2.56. The van der Waals surface area contributed by atoms with Crippen LogP contribution in [0.15, 0.2) is 59.7 Å². The first-order valence-electron chi connectivity index (χ1n) is 14.6. The molecule has 5 rings (SSSR count). The third kappa shape index (κ3) is 6.55. The van der Waals surface area contributed by atoms with E-state index in [4.69, 9.17) is 0 Å². The van der Waals surface area contributed by atoms with Crippen LogP contribution in [0.3, 0.4) is 0 Å². The summed E-state index contributed by atoms with van der Waals surface area (Å²) < 4.78 is 223. The Kier molecular flexibility index (Phi) is 9.54. The molecule has 3 aromatic carbocycles. The van der Waals surface area contributed by atoms with Crippen LogP contribution in [0, 0.1) is 45.3 Å². The van der Waals surface area contributed by atoms with Crippen molar-refractivity contribution in [2.24, 2.45) is 0 Å². The van der Waals surface area contributed by atoms with E-state index in [1.54, 1.807) is 0 Å². The number of hydrogen-bond donors (Lipinski definition) is 0. The van der Waals surface area contributed by atoms with Crippen molar-refractivity contribution in [1.82, 2.24) is 0 Å². The molecule has 2 aliphatic rings. The van der Waals surface area contributed by atoms with Gasteiger partial charge in [0, 0.05) is 11.1 Å². The van der Waals surface area contributed by atoms with Crippen molar-refractivity contribution >= 4 is 11.1 Å². The monoisotopic (exact) mass is 810 g/mol. The fourth-order valence-electron chi connectivity index (χ4n) is 5.90. The number of hydrogen-bond acceptors (Lipinski definition) is 6. The molecule has 0 aromatic heterocycles. The molecule has 2 aliphatic carbocycles. The van der Waals surface area contributed by atoms with Gasteiger partial charge in [0.1, 0.15) is 46.9 Å². The van der Waals surface area contributed by atoms with Gasteiger partial charge < -0.3 is 9.47 Å². The van der Waals surface area contributed by atoms with E-state index in [0.717, 1.165) is 18.2 Å². The van der Waals surface area contributed by atoms with Crippen LogP contribution in [-0.2, 0) is 0 Å². The molecule has 0 amide bonds. The minimum absolute atomic E-state index is 0.0544. The van der Waals surface area contributed by atoms with Crippen LogP contribution in [-0.4, -0.2) is 48.8 Å². The van der Waals surface area contributed by atoms with Crippen molar-refractivity contribution in [2.45, 2.75) is 48.8 Å². The summed E-state index contributed by atoms with van der Waals surface area (Å²) in [7, 11) is 0. The second-order valence-electron chi connectivity index (χ2n) is 11.6. The highest BCUT2D eigenvalue weighted by Crippen LogP contribution is 2.55. The molecule has 290 valence electrons. The maximum atomic E-state index is 14.0. The van der Waals surface area contributed by atoms with E-state index in [-0.39, 0.29) is 33.4 Å². The van der Waals surface area contributed by atoms with Crippen LogP contribution in [0.1, 0.15) is 22.3 Å². The number of halogens is 16. The zero-order valence-corrected chi connectivity index (χ0v) is 26.4. The highest BCUT2D eigenvalue weighted by atomic mass is 19.4. The van der Waals surface area contributed by atoms with Crippen molar-refractivity contribution in [3.8, 4) is 58.0 Å². The molecule has 0 N–H and O–H groups in total. The number of alkyl halides is 16. The predicted molar refractivity (Wildman–Crippen MR) is 155 cm³/mol. The molecule has 22 heteroatoms. The Morgan fingerprint density at radius 3 is 0.964 bits per heavy atom. The molecule has 0 bridgehead atoms. The largest absolute Gasteiger partial charge is 0.474 e. The molecule has 0 saturated carbocycles. The van der Waals surface area contributed by atoms with Gasteiger partial charge in [0.25, 0.3) is 12.2 Å². The summed E-state index contributed by atoms with van der Waals surface area (Å²) in [4.78, 5) is 0. The Morgan fingerprint density at radius 1 is 0.411 bits per heavy atom. The SMILES string of the molecule is N#CC(C#N)=C1c2cc(OC(C(F)(F)F)C(F)(F)C(F)(F)F)ccc2-c2cc3c(cc21)C(=C(C#N)C#N)c1cc(OC(C(F)(F)F)C(F)(F)C(F)(F)F)ccc1-3. The minimum atomic E-state index is -6.74. The lowest BCUT2D eigenvalue weighted by Gasteiger charge is -2.30. The Balaban J connectivity index is 1.72. The van der Waals surface area contributed by atoms with Gasteiger partial charge in [0.05, 0.1) is 0 Å². The number of fused-ring (bicyclic) bond motifs is 6. The average molecular weight is 810 g/mol. The van der Waals surface area contributed by atoms with Crippen LogP contribution in [0.5, 0.6) is 11.5 Å². The third-order valence-corrected chi connectivity index (χ3v) is 8.26. The molecule has 6 nitrogen and oxygen atoms in total. The number of ether oxygens (including phenoxy) is 2. The van der Waals surface area contributed by atoms with Gasteiger partial charge in [-0.1, -0.05) is 12.1 Å². The zero-order valence-electron chi connectivity index (χ0n) is 26.4. The second kappa shape index (κ2) is 13.1. The minimum Gasteiger partial charge on any atom is -0.474 e. The summed E-state index contributed by atoms with van der Waals surface area (Å²) in [6.45, 7) is 0. The highest BCUT2D eigenvalue weighted by molar-refractivity contribution is 6.11. The van der Waals surface area contributed by atoms with Gasteiger partial charge in [0.15, 0.2) is 0 Å². The fourth-order valence-corrected chi connectivity index (χ4v) is 5.90. The van der Waals surface area contributed by atoms with Crippen LogP contribution in [0.25, 0.3) is 33.4 Å². The van der Waals surface area contributed by atoms with Crippen LogP contribution < -0.4 is 9.47 Å². The summed E-state index contributed by atoms with van der Waals surface area (Å²) >= 11 is 0. The summed E-state index contributed by atoms with van der Waals surface area (Å²) in [6.07, 6.45) is -35.7. The van der Waals surface area contributed by atoms with Crippen LogP contribution in [0.2, 0.25) is 0 Å². The molecular weight excluding hydrogens is 800 g/mol. The van der Waals surface area contributed by atoms with Gasteiger partial charge in [-0.2, -0.15) is 91.3 Å². The lowest BCUT2D eigenvalue weighted by molar-refractivity contribution is -0.353. The highest BCUT2D eigenvalue weighted by Gasteiger charge is 2.73. The molecule has 2 atom stereocenters. The van der Waals surface area contributed by atoms with Gasteiger partial charge in [-0.15, -0.1) is 0 Å². The van der Waals surface area contributed by atoms with E-state index in [0.29, 0.717) is 24.3 Å². The molecule has 56 heavy (non-hydrogen) atoms. The summed E-state index contributed by atoms with van der Waals surface area (Å²) in [6, 6.07) is 11.9. The average Bonchev–Trinajstić information content (AvgIpc) is 3.55. The molecular formula is C34H10F16N4O2. The summed E-state index contributed by atoms with van der Waals surface area (Å²) in [5, 5.41) is 38.9. The van der Waals surface area contributed by atoms with Gasteiger partial charge in [-0.3, -0.25) is 0 Å². The van der Waals surface area contributed by atoms with Crippen LogP contribution in [0.4, 0.5) is 70.2 Å². The zero-order chi connectivity index (χ0) is 42.1.